The summed E-state index contributed by atoms with van der Waals surface area (Å²) in [7, 11) is 0. The lowest BCUT2D eigenvalue weighted by molar-refractivity contribution is 0.590. The molecular formula is C14H11N4OPS. The number of hydrogen-bond acceptors (Lipinski definition) is 4. The lowest BCUT2D eigenvalue weighted by Gasteiger charge is -2.12. The van der Waals surface area contributed by atoms with E-state index in [0.717, 1.165) is 10.9 Å². The fraction of sp³-hybridized carbons (Fsp3) is 0. The molecular weight excluding hydrogens is 303 g/mol. The summed E-state index contributed by atoms with van der Waals surface area (Å²) in [6, 6.07) is 19.1. The highest BCUT2D eigenvalue weighted by atomic mass is 32.7. The summed E-state index contributed by atoms with van der Waals surface area (Å²) >= 11 is 1.24. The van der Waals surface area contributed by atoms with Crippen molar-refractivity contribution >= 4 is 23.2 Å². The Balaban J connectivity index is 1.76. The molecule has 4 rings (SSSR count). The minimum Gasteiger partial charge on any atom is -0.281 e. The van der Waals surface area contributed by atoms with E-state index >= 15 is 0 Å². The van der Waals surface area contributed by atoms with Gasteiger partial charge in [-0.25, -0.2) is 4.68 Å². The van der Waals surface area contributed by atoms with Crippen LogP contribution in [0.4, 0.5) is 0 Å². The molecule has 1 N–H and O–H groups in total. The van der Waals surface area contributed by atoms with Crippen LogP contribution >= 0.6 is 17.9 Å². The molecule has 1 unspecified atom stereocenters. The van der Waals surface area contributed by atoms with Crippen molar-refractivity contribution in [3.63, 3.8) is 0 Å². The summed E-state index contributed by atoms with van der Waals surface area (Å²) in [5.41, 5.74) is 0.936. The number of benzene rings is 2. The van der Waals surface area contributed by atoms with Crippen molar-refractivity contribution in [3.8, 4) is 11.4 Å². The lowest BCUT2D eigenvalue weighted by Crippen LogP contribution is -2.13. The van der Waals surface area contributed by atoms with E-state index in [1.54, 1.807) is 4.68 Å². The van der Waals surface area contributed by atoms with Crippen molar-refractivity contribution in [2.75, 3.05) is 5.20 Å². The molecule has 2 aromatic carbocycles. The number of nitrogens with one attached hydrogen (secondary N) is 1. The van der Waals surface area contributed by atoms with Crippen molar-refractivity contribution in [1.82, 2.24) is 14.9 Å². The minimum atomic E-state index is -2.78. The number of rotatable bonds is 2. The second-order valence-electron chi connectivity index (χ2n) is 4.59. The van der Waals surface area contributed by atoms with E-state index in [0.29, 0.717) is 11.0 Å². The van der Waals surface area contributed by atoms with Gasteiger partial charge < -0.3 is 0 Å². The second kappa shape index (κ2) is 4.76. The highest BCUT2D eigenvalue weighted by Gasteiger charge is 2.37. The highest BCUT2D eigenvalue weighted by Crippen LogP contribution is 2.62. The van der Waals surface area contributed by atoms with E-state index in [1.807, 2.05) is 60.7 Å². The molecule has 2 heterocycles. The maximum Gasteiger partial charge on any atom is 0.273 e. The molecule has 104 valence electrons. The number of nitrogens with zero attached hydrogens (tertiary/aromatic N) is 3. The number of hydrogen-bond donors (Lipinski definition) is 1. The van der Waals surface area contributed by atoms with Crippen molar-refractivity contribution in [2.45, 2.75) is 5.16 Å². The molecule has 0 amide bonds. The molecule has 0 spiro atoms. The zero-order valence-corrected chi connectivity index (χ0v) is 12.6. The van der Waals surface area contributed by atoms with Crippen LogP contribution in [0.1, 0.15) is 0 Å². The fourth-order valence-electron chi connectivity index (χ4n) is 2.20. The minimum absolute atomic E-state index is 0.626. The maximum absolute atomic E-state index is 13.1. The van der Waals surface area contributed by atoms with Crippen LogP contribution in [0.5, 0.6) is 0 Å². The smallest absolute Gasteiger partial charge is 0.273 e. The van der Waals surface area contributed by atoms with Crippen molar-refractivity contribution < 1.29 is 4.57 Å². The van der Waals surface area contributed by atoms with Gasteiger partial charge in [-0.3, -0.25) is 9.76 Å². The Labute approximate surface area is 125 Å². The van der Waals surface area contributed by atoms with Gasteiger partial charge >= 0.3 is 0 Å². The normalized spacial score (nSPS) is 20.0. The predicted molar refractivity (Wildman–Crippen MR) is 84.4 cm³/mol. The predicted octanol–water partition coefficient (Wildman–Crippen LogP) is 3.11. The Hall–Kier alpha value is -2.04. The summed E-state index contributed by atoms with van der Waals surface area (Å²) in [6.45, 7) is -2.78. The number of fused-ring (bicyclic) bond motifs is 1. The largest absolute Gasteiger partial charge is 0.281 e. The van der Waals surface area contributed by atoms with E-state index in [1.165, 1.54) is 11.4 Å². The standard InChI is InChI=1S/C14H11N4OPS/c19-20(12-9-5-2-6-10-12)17-18-13(15-16-14(18)21-20)11-7-3-1-4-8-11/h1-10H,(H,17,19). The molecule has 1 aliphatic rings. The van der Waals surface area contributed by atoms with Crippen LogP contribution in [0.15, 0.2) is 65.8 Å². The molecule has 21 heavy (non-hydrogen) atoms. The third kappa shape index (κ3) is 2.07. The average Bonchev–Trinajstić information content (AvgIpc) is 3.06. The summed E-state index contributed by atoms with van der Waals surface area (Å²) in [4.78, 5) is 0. The third-order valence-electron chi connectivity index (χ3n) is 3.20. The van der Waals surface area contributed by atoms with Gasteiger partial charge in [-0.15, -0.1) is 10.2 Å². The molecule has 3 aromatic rings. The van der Waals surface area contributed by atoms with Gasteiger partial charge in [-0.2, -0.15) is 0 Å². The SMILES string of the molecule is O=P1(c2ccccc2)Nn2c(nnc2-c2ccccc2)S1. The first-order valence-electron chi connectivity index (χ1n) is 6.41. The van der Waals surface area contributed by atoms with Crippen molar-refractivity contribution in [1.29, 1.82) is 0 Å². The topological polar surface area (TPSA) is 59.8 Å². The van der Waals surface area contributed by atoms with E-state index in [4.69, 9.17) is 0 Å². The molecule has 0 saturated heterocycles. The van der Waals surface area contributed by atoms with Crippen LogP contribution in [0.2, 0.25) is 0 Å². The zero-order chi connectivity index (χ0) is 14.3. The summed E-state index contributed by atoms with van der Waals surface area (Å²) in [5, 5.41) is 12.8. The summed E-state index contributed by atoms with van der Waals surface area (Å²) in [5.74, 6) is 0.673. The van der Waals surface area contributed by atoms with Gasteiger partial charge in [-0.1, -0.05) is 48.5 Å². The summed E-state index contributed by atoms with van der Waals surface area (Å²) in [6.07, 6.45) is 0. The Kier molecular flexibility index (Phi) is 2.87. The first kappa shape index (κ1) is 12.7. The van der Waals surface area contributed by atoms with Crippen LogP contribution in [-0.2, 0) is 4.57 Å². The Morgan fingerprint density at radius 3 is 2.33 bits per heavy atom. The Morgan fingerprint density at radius 1 is 0.952 bits per heavy atom. The van der Waals surface area contributed by atoms with Crippen LogP contribution in [0.3, 0.4) is 0 Å². The summed E-state index contributed by atoms with van der Waals surface area (Å²) < 4.78 is 14.8. The molecule has 7 heteroatoms. The van der Waals surface area contributed by atoms with Crippen LogP contribution in [0, 0.1) is 0 Å². The van der Waals surface area contributed by atoms with E-state index in [2.05, 4.69) is 15.4 Å². The highest BCUT2D eigenvalue weighted by molar-refractivity contribution is 8.60. The fourth-order valence-corrected chi connectivity index (χ4v) is 6.16. The molecule has 1 atom stereocenters. The molecule has 0 aliphatic carbocycles. The average molecular weight is 314 g/mol. The second-order valence-corrected chi connectivity index (χ2v) is 9.04. The van der Waals surface area contributed by atoms with E-state index in [9.17, 15) is 4.57 Å². The van der Waals surface area contributed by atoms with Gasteiger partial charge in [0.25, 0.3) is 6.49 Å². The molecule has 0 saturated carbocycles. The first-order valence-corrected chi connectivity index (χ1v) is 9.53. The van der Waals surface area contributed by atoms with E-state index in [-0.39, 0.29) is 0 Å². The molecule has 0 bridgehead atoms. The van der Waals surface area contributed by atoms with Crippen molar-refractivity contribution in [3.05, 3.63) is 60.7 Å². The molecule has 1 aromatic heterocycles. The van der Waals surface area contributed by atoms with Crippen LogP contribution < -0.4 is 10.5 Å². The Morgan fingerprint density at radius 2 is 1.62 bits per heavy atom. The zero-order valence-electron chi connectivity index (χ0n) is 10.9. The van der Waals surface area contributed by atoms with Gasteiger partial charge in [0.15, 0.2) is 5.82 Å². The monoisotopic (exact) mass is 314 g/mol. The quantitative estimate of drug-likeness (QED) is 0.737. The molecule has 1 aliphatic heterocycles. The lowest BCUT2D eigenvalue weighted by atomic mass is 10.2. The van der Waals surface area contributed by atoms with Gasteiger partial charge in [0.2, 0.25) is 5.16 Å². The third-order valence-corrected chi connectivity index (χ3v) is 7.47. The molecule has 0 fully saturated rings. The van der Waals surface area contributed by atoms with Gasteiger partial charge in [0.05, 0.1) is 0 Å². The Bertz CT molecular complexity index is 835. The van der Waals surface area contributed by atoms with Gasteiger partial charge in [0, 0.05) is 22.2 Å². The van der Waals surface area contributed by atoms with Gasteiger partial charge in [0.1, 0.15) is 0 Å². The molecule has 5 nitrogen and oxygen atoms in total. The van der Waals surface area contributed by atoms with E-state index < -0.39 is 6.49 Å². The van der Waals surface area contributed by atoms with Crippen LogP contribution in [0.25, 0.3) is 11.4 Å². The van der Waals surface area contributed by atoms with Crippen molar-refractivity contribution in [2.24, 2.45) is 0 Å². The van der Waals surface area contributed by atoms with Crippen LogP contribution in [-0.4, -0.2) is 14.9 Å². The molecule has 0 radical (unpaired) electrons. The first-order chi connectivity index (χ1) is 10.3. The maximum atomic E-state index is 13.1. The number of aromatic nitrogens is 3. The van der Waals surface area contributed by atoms with Gasteiger partial charge in [-0.05, 0) is 12.1 Å².